The van der Waals surface area contributed by atoms with Crippen LogP contribution in [-0.2, 0) is 9.59 Å². The van der Waals surface area contributed by atoms with Crippen molar-refractivity contribution in [2.75, 3.05) is 0 Å². The SMILES string of the molecule is O=C(O)CC(NC(=O)C1CCCCC1C(F)(F)F)C1CC1. The summed E-state index contributed by atoms with van der Waals surface area (Å²) in [6.07, 6.45) is -1.65. The third-order valence-electron chi connectivity index (χ3n) is 4.44. The van der Waals surface area contributed by atoms with Crippen LogP contribution in [-0.4, -0.2) is 29.2 Å². The second kappa shape index (κ2) is 6.23. The Balaban J connectivity index is 2.00. The van der Waals surface area contributed by atoms with Gasteiger partial charge in [-0.1, -0.05) is 12.8 Å². The zero-order valence-corrected chi connectivity index (χ0v) is 11.7. The molecule has 21 heavy (non-hydrogen) atoms. The molecule has 0 bridgehead atoms. The van der Waals surface area contributed by atoms with Crippen molar-refractivity contribution in [1.82, 2.24) is 5.32 Å². The number of halogens is 3. The van der Waals surface area contributed by atoms with Gasteiger partial charge in [-0.3, -0.25) is 9.59 Å². The molecular weight excluding hydrogens is 287 g/mol. The van der Waals surface area contributed by atoms with Gasteiger partial charge in [-0.2, -0.15) is 13.2 Å². The summed E-state index contributed by atoms with van der Waals surface area (Å²) < 4.78 is 39.0. The van der Waals surface area contributed by atoms with Crippen molar-refractivity contribution < 1.29 is 27.9 Å². The predicted molar refractivity (Wildman–Crippen MR) is 68.4 cm³/mol. The number of carboxylic acids is 1. The number of hydrogen-bond acceptors (Lipinski definition) is 2. The Morgan fingerprint density at radius 3 is 2.29 bits per heavy atom. The van der Waals surface area contributed by atoms with Gasteiger partial charge in [-0.25, -0.2) is 0 Å². The summed E-state index contributed by atoms with van der Waals surface area (Å²) in [6, 6.07) is -0.536. The van der Waals surface area contributed by atoms with E-state index in [4.69, 9.17) is 5.11 Å². The third kappa shape index (κ3) is 4.35. The Bertz CT molecular complexity index is 407. The second-order valence-electron chi connectivity index (χ2n) is 6.09. The quantitative estimate of drug-likeness (QED) is 0.820. The number of aliphatic carboxylic acids is 1. The number of carboxylic acid groups (broad SMARTS) is 1. The van der Waals surface area contributed by atoms with Crippen LogP contribution in [0, 0.1) is 17.8 Å². The van der Waals surface area contributed by atoms with Gasteiger partial charge in [-0.15, -0.1) is 0 Å². The van der Waals surface area contributed by atoms with Crippen molar-refractivity contribution in [3.8, 4) is 0 Å². The summed E-state index contributed by atoms with van der Waals surface area (Å²) in [5.74, 6) is -4.25. The van der Waals surface area contributed by atoms with Crippen LogP contribution in [0.3, 0.4) is 0 Å². The first kappa shape index (κ1) is 16.1. The highest BCUT2D eigenvalue weighted by Gasteiger charge is 2.48. The standard InChI is InChI=1S/C14H20F3NO3/c15-14(16,17)10-4-2-1-3-9(10)13(21)18-11(7-12(19)20)8-5-6-8/h8-11H,1-7H2,(H,18,21)(H,19,20). The van der Waals surface area contributed by atoms with Gasteiger partial charge < -0.3 is 10.4 Å². The van der Waals surface area contributed by atoms with Crippen LogP contribution >= 0.6 is 0 Å². The van der Waals surface area contributed by atoms with E-state index in [1.807, 2.05) is 0 Å². The van der Waals surface area contributed by atoms with Gasteiger partial charge >= 0.3 is 12.1 Å². The highest BCUT2D eigenvalue weighted by atomic mass is 19.4. The minimum absolute atomic E-state index is 0.0192. The lowest BCUT2D eigenvalue weighted by Gasteiger charge is -2.33. The van der Waals surface area contributed by atoms with Crippen molar-refractivity contribution in [3.63, 3.8) is 0 Å². The number of alkyl halides is 3. The number of rotatable bonds is 5. The van der Waals surface area contributed by atoms with Gasteiger partial charge in [0.2, 0.25) is 5.91 Å². The normalized spacial score (nSPS) is 28.0. The molecule has 2 fully saturated rings. The highest BCUT2D eigenvalue weighted by molar-refractivity contribution is 5.80. The van der Waals surface area contributed by atoms with Crippen molar-refractivity contribution in [3.05, 3.63) is 0 Å². The maximum atomic E-state index is 13.0. The van der Waals surface area contributed by atoms with E-state index in [-0.39, 0.29) is 25.2 Å². The molecule has 2 rings (SSSR count). The molecule has 0 aromatic heterocycles. The zero-order chi connectivity index (χ0) is 15.6. The molecule has 2 aliphatic rings. The van der Waals surface area contributed by atoms with Crippen LogP contribution in [0.25, 0.3) is 0 Å². The lowest BCUT2D eigenvalue weighted by atomic mass is 9.78. The average molecular weight is 307 g/mol. The molecule has 7 heteroatoms. The van der Waals surface area contributed by atoms with Gasteiger partial charge in [0.05, 0.1) is 12.3 Å². The fourth-order valence-electron chi connectivity index (χ4n) is 3.15. The van der Waals surface area contributed by atoms with E-state index < -0.39 is 35.9 Å². The molecule has 2 N–H and O–H groups in total. The highest BCUT2D eigenvalue weighted by Crippen LogP contribution is 2.42. The van der Waals surface area contributed by atoms with Crippen LogP contribution in [0.15, 0.2) is 0 Å². The Labute approximate surface area is 121 Å². The molecule has 1 amide bonds. The Kier molecular flexibility index (Phi) is 4.78. The molecule has 120 valence electrons. The lowest BCUT2D eigenvalue weighted by Crippen LogP contribution is -2.47. The summed E-state index contributed by atoms with van der Waals surface area (Å²) in [6.45, 7) is 0. The van der Waals surface area contributed by atoms with Crippen LogP contribution in [0.1, 0.15) is 44.9 Å². The fraction of sp³-hybridized carbons (Fsp3) is 0.857. The smallest absolute Gasteiger partial charge is 0.392 e. The fourth-order valence-corrected chi connectivity index (χ4v) is 3.15. The van der Waals surface area contributed by atoms with Crippen LogP contribution in [0.2, 0.25) is 0 Å². The molecule has 0 aromatic carbocycles. The van der Waals surface area contributed by atoms with E-state index in [1.54, 1.807) is 0 Å². The first-order chi connectivity index (χ1) is 9.79. The van der Waals surface area contributed by atoms with Gasteiger partial charge in [0.25, 0.3) is 0 Å². The van der Waals surface area contributed by atoms with E-state index in [1.165, 1.54) is 0 Å². The monoisotopic (exact) mass is 307 g/mol. The zero-order valence-electron chi connectivity index (χ0n) is 11.7. The maximum Gasteiger partial charge on any atom is 0.392 e. The summed E-state index contributed by atoms with van der Waals surface area (Å²) in [5.41, 5.74) is 0. The minimum atomic E-state index is -4.37. The van der Waals surface area contributed by atoms with Crippen LogP contribution in [0.5, 0.6) is 0 Å². The summed E-state index contributed by atoms with van der Waals surface area (Å²) in [4.78, 5) is 23.0. The van der Waals surface area contributed by atoms with E-state index >= 15 is 0 Å². The Hall–Kier alpha value is -1.27. The molecular formula is C14H20F3NO3. The van der Waals surface area contributed by atoms with Crippen molar-refractivity contribution >= 4 is 11.9 Å². The average Bonchev–Trinajstić information content (AvgIpc) is 3.20. The third-order valence-corrected chi connectivity index (χ3v) is 4.44. The number of carbonyl (C=O) groups is 2. The first-order valence-corrected chi connectivity index (χ1v) is 7.38. The van der Waals surface area contributed by atoms with Crippen LogP contribution in [0.4, 0.5) is 13.2 Å². The molecule has 2 aliphatic carbocycles. The van der Waals surface area contributed by atoms with E-state index in [9.17, 15) is 22.8 Å². The molecule has 2 saturated carbocycles. The summed E-state index contributed by atoms with van der Waals surface area (Å²) in [5, 5.41) is 11.4. The second-order valence-corrected chi connectivity index (χ2v) is 6.09. The largest absolute Gasteiger partial charge is 0.481 e. The van der Waals surface area contributed by atoms with Crippen molar-refractivity contribution in [2.45, 2.75) is 57.2 Å². The summed E-state index contributed by atoms with van der Waals surface area (Å²) in [7, 11) is 0. The molecule has 0 radical (unpaired) electrons. The Morgan fingerprint density at radius 2 is 1.76 bits per heavy atom. The van der Waals surface area contributed by atoms with E-state index in [0.717, 1.165) is 12.8 Å². The lowest BCUT2D eigenvalue weighted by molar-refractivity contribution is -0.198. The van der Waals surface area contributed by atoms with E-state index in [2.05, 4.69) is 5.32 Å². The topological polar surface area (TPSA) is 66.4 Å². The van der Waals surface area contributed by atoms with Gasteiger partial charge in [0.15, 0.2) is 0 Å². The molecule has 0 aromatic rings. The molecule has 3 atom stereocenters. The first-order valence-electron chi connectivity index (χ1n) is 7.38. The van der Waals surface area contributed by atoms with Crippen molar-refractivity contribution in [2.24, 2.45) is 17.8 Å². The Morgan fingerprint density at radius 1 is 1.14 bits per heavy atom. The molecule has 0 heterocycles. The van der Waals surface area contributed by atoms with E-state index in [0.29, 0.717) is 12.8 Å². The van der Waals surface area contributed by atoms with Crippen molar-refractivity contribution in [1.29, 1.82) is 0 Å². The number of amides is 1. The molecule has 4 nitrogen and oxygen atoms in total. The van der Waals surface area contributed by atoms with Crippen LogP contribution < -0.4 is 5.32 Å². The number of carbonyl (C=O) groups excluding carboxylic acids is 1. The molecule has 0 spiro atoms. The number of nitrogens with one attached hydrogen (secondary N) is 1. The molecule has 0 saturated heterocycles. The summed E-state index contributed by atoms with van der Waals surface area (Å²) >= 11 is 0. The number of hydrogen-bond donors (Lipinski definition) is 2. The predicted octanol–water partition coefficient (Wildman–Crippen LogP) is 2.72. The van der Waals surface area contributed by atoms with Gasteiger partial charge in [0, 0.05) is 12.0 Å². The van der Waals surface area contributed by atoms with Gasteiger partial charge in [-0.05, 0) is 31.6 Å². The van der Waals surface area contributed by atoms with Gasteiger partial charge in [0.1, 0.15) is 0 Å². The minimum Gasteiger partial charge on any atom is -0.481 e. The molecule has 3 unspecified atom stereocenters. The maximum absolute atomic E-state index is 13.0. The molecule has 0 aliphatic heterocycles.